The predicted molar refractivity (Wildman–Crippen MR) is 93.0 cm³/mol. The smallest absolute Gasteiger partial charge is 0.165 e. The second-order valence-electron chi connectivity index (χ2n) is 5.65. The van der Waals surface area contributed by atoms with E-state index in [2.05, 4.69) is 32.4 Å². The van der Waals surface area contributed by atoms with Crippen molar-refractivity contribution in [3.05, 3.63) is 48.5 Å². The third-order valence-corrected chi connectivity index (χ3v) is 3.91. The first kappa shape index (κ1) is 16.4. The number of aromatic nitrogens is 4. The zero-order valence-electron chi connectivity index (χ0n) is 13.6. The van der Waals surface area contributed by atoms with Gasteiger partial charge in [0.25, 0.3) is 0 Å². The van der Waals surface area contributed by atoms with Crippen LogP contribution in [0.4, 0.5) is 5.82 Å². The molecule has 3 rings (SSSR count). The Balaban J connectivity index is 1.78. The van der Waals surface area contributed by atoms with Gasteiger partial charge in [-0.2, -0.15) is 10.5 Å². The number of nitrogens with zero attached hydrogens (tertiary/aromatic N) is 6. The van der Waals surface area contributed by atoms with Gasteiger partial charge in [0.05, 0.1) is 24.4 Å². The molecule has 3 aromatic rings. The van der Waals surface area contributed by atoms with Crippen LogP contribution in [0.5, 0.6) is 0 Å². The van der Waals surface area contributed by atoms with Crippen molar-refractivity contribution in [1.82, 2.24) is 19.5 Å². The summed E-state index contributed by atoms with van der Waals surface area (Å²) in [7, 11) is 0. The molecule has 0 amide bonds. The quantitative estimate of drug-likeness (QED) is 0.714. The van der Waals surface area contributed by atoms with Crippen molar-refractivity contribution in [2.24, 2.45) is 5.92 Å². The zero-order chi connectivity index (χ0) is 17.5. The van der Waals surface area contributed by atoms with E-state index in [4.69, 9.17) is 5.26 Å². The van der Waals surface area contributed by atoms with E-state index in [-0.39, 0.29) is 5.92 Å². The number of rotatable bonds is 7. The lowest BCUT2D eigenvalue weighted by atomic mass is 10.1. The number of nitrogens with one attached hydrogen (secondary N) is 1. The highest BCUT2D eigenvalue weighted by Gasteiger charge is 2.14. The molecule has 1 unspecified atom stereocenters. The summed E-state index contributed by atoms with van der Waals surface area (Å²) in [4.78, 5) is 13.0. The van der Waals surface area contributed by atoms with Gasteiger partial charge in [-0.05, 0) is 12.0 Å². The molecule has 7 nitrogen and oxygen atoms in total. The van der Waals surface area contributed by atoms with Gasteiger partial charge in [0, 0.05) is 19.5 Å². The molecule has 0 saturated heterocycles. The molecule has 25 heavy (non-hydrogen) atoms. The lowest BCUT2D eigenvalue weighted by molar-refractivity contribution is 0.517. The second-order valence-corrected chi connectivity index (χ2v) is 5.65. The maximum atomic E-state index is 9.25. The maximum Gasteiger partial charge on any atom is 0.165 e. The Morgan fingerprint density at radius 2 is 1.96 bits per heavy atom. The number of fused-ring (bicyclic) bond motifs is 1. The fourth-order valence-electron chi connectivity index (χ4n) is 2.60. The van der Waals surface area contributed by atoms with Crippen LogP contribution in [-0.2, 0) is 13.1 Å². The molecule has 0 saturated carbocycles. The first-order valence-electron chi connectivity index (χ1n) is 8.02. The minimum absolute atomic E-state index is 0.243. The SMILES string of the molecule is N#CCCC(C#N)Cn1cnc2c(NCc3ccccc3)ncnc21. The summed E-state index contributed by atoms with van der Waals surface area (Å²) in [5.41, 5.74) is 2.51. The monoisotopic (exact) mass is 331 g/mol. The maximum absolute atomic E-state index is 9.25. The summed E-state index contributed by atoms with van der Waals surface area (Å²) in [6.45, 7) is 1.10. The highest BCUT2D eigenvalue weighted by molar-refractivity contribution is 5.82. The van der Waals surface area contributed by atoms with Crippen LogP contribution >= 0.6 is 0 Å². The first-order chi connectivity index (χ1) is 12.3. The van der Waals surface area contributed by atoms with Gasteiger partial charge in [-0.1, -0.05) is 30.3 Å². The van der Waals surface area contributed by atoms with Crippen LogP contribution in [0.3, 0.4) is 0 Å². The summed E-state index contributed by atoms with van der Waals surface area (Å²) in [6, 6.07) is 14.4. The lowest BCUT2D eigenvalue weighted by Gasteiger charge is -2.09. The minimum atomic E-state index is -0.243. The number of anilines is 1. The Kier molecular flexibility index (Phi) is 5.18. The van der Waals surface area contributed by atoms with E-state index in [0.717, 1.165) is 5.56 Å². The molecule has 7 heteroatoms. The van der Waals surface area contributed by atoms with Gasteiger partial charge < -0.3 is 9.88 Å². The van der Waals surface area contributed by atoms with E-state index < -0.39 is 0 Å². The normalized spacial score (nSPS) is 11.6. The molecule has 0 aliphatic heterocycles. The third-order valence-electron chi connectivity index (χ3n) is 3.91. The molecule has 0 spiro atoms. The van der Waals surface area contributed by atoms with Crippen molar-refractivity contribution >= 4 is 17.0 Å². The fourth-order valence-corrected chi connectivity index (χ4v) is 2.60. The first-order valence-corrected chi connectivity index (χ1v) is 8.02. The van der Waals surface area contributed by atoms with Crippen LogP contribution in [0.15, 0.2) is 43.0 Å². The van der Waals surface area contributed by atoms with Gasteiger partial charge in [0.1, 0.15) is 11.8 Å². The van der Waals surface area contributed by atoms with Crippen LogP contribution < -0.4 is 5.32 Å². The van der Waals surface area contributed by atoms with Crippen LogP contribution in [-0.4, -0.2) is 19.5 Å². The summed E-state index contributed by atoms with van der Waals surface area (Å²) < 4.78 is 1.84. The van der Waals surface area contributed by atoms with E-state index in [1.807, 2.05) is 34.9 Å². The second kappa shape index (κ2) is 7.89. The molecule has 1 N–H and O–H groups in total. The van der Waals surface area contributed by atoms with Gasteiger partial charge in [0.2, 0.25) is 0 Å². The van der Waals surface area contributed by atoms with Crippen molar-refractivity contribution in [3.63, 3.8) is 0 Å². The largest absolute Gasteiger partial charge is 0.364 e. The third kappa shape index (κ3) is 3.91. The average Bonchev–Trinajstić information content (AvgIpc) is 3.07. The van der Waals surface area contributed by atoms with Crippen LogP contribution in [0.25, 0.3) is 11.2 Å². The van der Waals surface area contributed by atoms with Crippen LogP contribution in [0.1, 0.15) is 18.4 Å². The molecule has 1 atom stereocenters. The molecule has 2 aromatic heterocycles. The van der Waals surface area contributed by atoms with E-state index in [0.29, 0.717) is 42.9 Å². The summed E-state index contributed by atoms with van der Waals surface area (Å²) in [5, 5.41) is 21.2. The van der Waals surface area contributed by atoms with E-state index in [9.17, 15) is 5.26 Å². The highest BCUT2D eigenvalue weighted by Crippen LogP contribution is 2.20. The van der Waals surface area contributed by atoms with Crippen molar-refractivity contribution < 1.29 is 0 Å². The Morgan fingerprint density at radius 1 is 1.12 bits per heavy atom. The van der Waals surface area contributed by atoms with E-state index >= 15 is 0 Å². The lowest BCUT2D eigenvalue weighted by Crippen LogP contribution is -2.09. The Bertz CT molecular complexity index is 918. The van der Waals surface area contributed by atoms with Crippen molar-refractivity contribution in [3.8, 4) is 12.1 Å². The van der Waals surface area contributed by atoms with Crippen molar-refractivity contribution in [2.45, 2.75) is 25.9 Å². The summed E-state index contributed by atoms with van der Waals surface area (Å²) >= 11 is 0. The summed E-state index contributed by atoms with van der Waals surface area (Å²) in [5.74, 6) is 0.422. The summed E-state index contributed by atoms with van der Waals surface area (Å²) in [6.07, 6.45) is 4.06. The van der Waals surface area contributed by atoms with Gasteiger partial charge in [-0.25, -0.2) is 15.0 Å². The van der Waals surface area contributed by atoms with Gasteiger partial charge in [-0.3, -0.25) is 0 Å². The Hall–Kier alpha value is -3.45. The van der Waals surface area contributed by atoms with Gasteiger partial charge >= 0.3 is 0 Å². The van der Waals surface area contributed by atoms with Crippen LogP contribution in [0.2, 0.25) is 0 Å². The molecule has 0 radical (unpaired) electrons. The zero-order valence-corrected chi connectivity index (χ0v) is 13.6. The van der Waals surface area contributed by atoms with Crippen molar-refractivity contribution in [1.29, 1.82) is 10.5 Å². The fraction of sp³-hybridized carbons (Fsp3) is 0.278. The standard InChI is InChI=1S/C18H17N7/c19-8-4-7-15(9-20)11-25-13-24-16-17(22-12-23-18(16)25)21-10-14-5-2-1-3-6-14/h1-3,5-6,12-13,15H,4,7,10-11H2,(H,21,22,23). The predicted octanol–water partition coefficient (Wildman–Crippen LogP) is 2.88. The number of imidazole rings is 1. The average molecular weight is 331 g/mol. The highest BCUT2D eigenvalue weighted by atomic mass is 15.1. The Morgan fingerprint density at radius 3 is 2.72 bits per heavy atom. The van der Waals surface area contributed by atoms with Crippen LogP contribution in [0, 0.1) is 28.6 Å². The number of hydrogen-bond acceptors (Lipinski definition) is 6. The molecule has 0 aliphatic rings. The van der Waals surface area contributed by atoms with Gasteiger partial charge in [-0.15, -0.1) is 0 Å². The molecule has 124 valence electrons. The molecular weight excluding hydrogens is 314 g/mol. The molecule has 2 heterocycles. The van der Waals surface area contributed by atoms with Gasteiger partial charge in [0.15, 0.2) is 11.5 Å². The number of benzene rings is 1. The molecule has 0 aliphatic carbocycles. The van der Waals surface area contributed by atoms with E-state index in [1.165, 1.54) is 6.33 Å². The topological polar surface area (TPSA) is 103 Å². The molecule has 0 fully saturated rings. The number of nitriles is 2. The molecule has 1 aromatic carbocycles. The van der Waals surface area contributed by atoms with E-state index in [1.54, 1.807) is 6.33 Å². The Labute approximate surface area is 145 Å². The minimum Gasteiger partial charge on any atom is -0.364 e. The number of hydrogen-bond donors (Lipinski definition) is 1. The molecular formula is C18H17N7. The molecule has 0 bridgehead atoms. The van der Waals surface area contributed by atoms with Crippen molar-refractivity contribution in [2.75, 3.05) is 5.32 Å².